The Hall–Kier alpha value is -2.75. The maximum atomic E-state index is 12.3. The molecule has 2 rings (SSSR count). The Morgan fingerprint density at radius 2 is 1.52 bits per heavy atom. The summed E-state index contributed by atoms with van der Waals surface area (Å²) in [5, 5.41) is 8.85. The highest BCUT2D eigenvalue weighted by atomic mass is 16.4. The van der Waals surface area contributed by atoms with Crippen molar-refractivity contribution in [2.24, 2.45) is 0 Å². The van der Waals surface area contributed by atoms with Gasteiger partial charge in [0.15, 0.2) is 11.6 Å². The maximum Gasteiger partial charge on any atom is 0.335 e. The molecule has 0 aliphatic carbocycles. The predicted molar refractivity (Wildman–Crippen MR) is 87.1 cm³/mol. The fraction of sp³-hybridized carbons (Fsp3) is 0.211. The molecule has 4 nitrogen and oxygen atoms in total. The number of hydrogen-bond acceptors (Lipinski definition) is 3. The van der Waals surface area contributed by atoms with Gasteiger partial charge < -0.3 is 5.11 Å². The lowest BCUT2D eigenvalue weighted by atomic mass is 9.97. The van der Waals surface area contributed by atoms with E-state index in [-0.39, 0.29) is 17.1 Å². The number of rotatable bonds is 7. The van der Waals surface area contributed by atoms with Crippen LogP contribution in [0.4, 0.5) is 0 Å². The number of carbonyl (C=O) groups excluding carboxylic acids is 2. The largest absolute Gasteiger partial charge is 0.478 e. The molecule has 0 bridgehead atoms. The number of ketones is 2. The molecule has 0 fully saturated rings. The van der Waals surface area contributed by atoms with Gasteiger partial charge in [-0.15, -0.1) is 0 Å². The number of Topliss-reactive ketones (excluding diaryl/α,β-unsaturated/α-hetero) is 2. The van der Waals surface area contributed by atoms with Gasteiger partial charge in [0.05, 0.1) is 5.56 Å². The van der Waals surface area contributed by atoms with Crippen molar-refractivity contribution in [3.8, 4) is 0 Å². The van der Waals surface area contributed by atoms with E-state index in [1.165, 1.54) is 6.92 Å². The lowest BCUT2D eigenvalue weighted by Crippen LogP contribution is -2.07. The first-order valence-electron chi connectivity index (χ1n) is 7.44. The van der Waals surface area contributed by atoms with E-state index in [2.05, 4.69) is 0 Å². The van der Waals surface area contributed by atoms with Crippen LogP contribution in [0, 0.1) is 0 Å². The van der Waals surface area contributed by atoms with Crippen molar-refractivity contribution in [2.45, 2.75) is 26.2 Å². The highest BCUT2D eigenvalue weighted by Crippen LogP contribution is 2.15. The number of carbonyl (C=O) groups is 3. The van der Waals surface area contributed by atoms with Crippen LogP contribution in [0.15, 0.2) is 48.5 Å². The quantitative estimate of drug-likeness (QED) is 0.790. The Labute approximate surface area is 134 Å². The van der Waals surface area contributed by atoms with E-state index in [1.807, 2.05) is 0 Å². The number of benzene rings is 2. The van der Waals surface area contributed by atoms with E-state index in [1.54, 1.807) is 48.5 Å². The number of hydrogen-bond donors (Lipinski definition) is 1. The zero-order valence-electron chi connectivity index (χ0n) is 12.9. The third-order valence-corrected chi connectivity index (χ3v) is 3.68. The number of aryl methyl sites for hydroxylation is 1. The topological polar surface area (TPSA) is 71.4 Å². The molecule has 0 amide bonds. The van der Waals surface area contributed by atoms with Gasteiger partial charge in [0.2, 0.25) is 0 Å². The zero-order chi connectivity index (χ0) is 16.8. The minimum Gasteiger partial charge on any atom is -0.478 e. The van der Waals surface area contributed by atoms with Gasteiger partial charge in [-0.3, -0.25) is 9.59 Å². The highest BCUT2D eigenvalue weighted by Gasteiger charge is 2.13. The number of aromatic carboxylic acids is 1. The van der Waals surface area contributed by atoms with Gasteiger partial charge in [0, 0.05) is 17.5 Å². The molecule has 0 radical (unpaired) electrons. The molecule has 0 saturated carbocycles. The van der Waals surface area contributed by atoms with Crippen LogP contribution < -0.4 is 0 Å². The van der Waals surface area contributed by atoms with Crippen molar-refractivity contribution in [1.29, 1.82) is 0 Å². The van der Waals surface area contributed by atoms with Gasteiger partial charge in [0.1, 0.15) is 0 Å². The number of carboxylic acid groups (broad SMARTS) is 1. The summed E-state index contributed by atoms with van der Waals surface area (Å²) in [5.41, 5.74) is 2.17. The second-order valence-corrected chi connectivity index (χ2v) is 5.38. The van der Waals surface area contributed by atoms with Crippen LogP contribution in [0.25, 0.3) is 0 Å². The lowest BCUT2D eigenvalue weighted by molar-refractivity contribution is 0.0696. The second-order valence-electron chi connectivity index (χ2n) is 5.38. The monoisotopic (exact) mass is 310 g/mol. The van der Waals surface area contributed by atoms with Crippen LogP contribution in [0.3, 0.4) is 0 Å². The van der Waals surface area contributed by atoms with Gasteiger partial charge in [0.25, 0.3) is 0 Å². The maximum absolute atomic E-state index is 12.3. The fourth-order valence-corrected chi connectivity index (χ4v) is 2.43. The van der Waals surface area contributed by atoms with Gasteiger partial charge in [-0.05, 0) is 37.5 Å². The van der Waals surface area contributed by atoms with Crippen LogP contribution in [-0.2, 0) is 6.42 Å². The van der Waals surface area contributed by atoms with Crippen LogP contribution >= 0.6 is 0 Å². The Morgan fingerprint density at radius 3 is 2.09 bits per heavy atom. The molecule has 118 valence electrons. The van der Waals surface area contributed by atoms with Crippen molar-refractivity contribution >= 4 is 17.5 Å². The van der Waals surface area contributed by atoms with E-state index < -0.39 is 5.97 Å². The van der Waals surface area contributed by atoms with E-state index >= 15 is 0 Å². The molecule has 0 spiro atoms. The van der Waals surface area contributed by atoms with Gasteiger partial charge >= 0.3 is 5.97 Å². The van der Waals surface area contributed by atoms with Crippen molar-refractivity contribution < 1.29 is 19.5 Å². The molecule has 23 heavy (non-hydrogen) atoms. The Kier molecular flexibility index (Phi) is 5.41. The molecule has 0 saturated heterocycles. The third-order valence-electron chi connectivity index (χ3n) is 3.68. The molecule has 0 unspecified atom stereocenters. The molecule has 4 heteroatoms. The first kappa shape index (κ1) is 16.6. The van der Waals surface area contributed by atoms with E-state index in [0.29, 0.717) is 30.4 Å². The smallest absolute Gasteiger partial charge is 0.335 e. The summed E-state index contributed by atoms with van der Waals surface area (Å²) in [5.74, 6) is -1.11. The van der Waals surface area contributed by atoms with Crippen molar-refractivity contribution in [3.63, 3.8) is 0 Å². The first-order valence-corrected chi connectivity index (χ1v) is 7.44. The van der Waals surface area contributed by atoms with Crippen molar-refractivity contribution in [3.05, 3.63) is 70.8 Å². The molecular weight excluding hydrogens is 292 g/mol. The van der Waals surface area contributed by atoms with Crippen LogP contribution in [0.2, 0.25) is 0 Å². The molecular formula is C19H18O4. The minimum absolute atomic E-state index is 0.0436. The van der Waals surface area contributed by atoms with Crippen LogP contribution in [0.5, 0.6) is 0 Å². The molecule has 0 atom stereocenters. The average molecular weight is 310 g/mol. The molecule has 0 aromatic heterocycles. The summed E-state index contributed by atoms with van der Waals surface area (Å²) in [6.45, 7) is 1.45. The van der Waals surface area contributed by atoms with Crippen molar-refractivity contribution in [1.82, 2.24) is 0 Å². The summed E-state index contributed by atoms with van der Waals surface area (Å²) in [7, 11) is 0. The summed E-state index contributed by atoms with van der Waals surface area (Å²) in [6.07, 6.45) is 1.69. The van der Waals surface area contributed by atoms with Crippen LogP contribution in [0.1, 0.15) is 56.4 Å². The molecule has 2 aromatic rings. The highest BCUT2D eigenvalue weighted by molar-refractivity contribution is 6.08. The average Bonchev–Trinajstić information content (AvgIpc) is 2.55. The first-order chi connectivity index (χ1) is 11.0. The fourth-order valence-electron chi connectivity index (χ4n) is 2.43. The van der Waals surface area contributed by atoms with Crippen LogP contribution in [-0.4, -0.2) is 22.6 Å². The van der Waals surface area contributed by atoms with E-state index in [0.717, 1.165) is 5.56 Å². The summed E-state index contributed by atoms with van der Waals surface area (Å²) >= 11 is 0. The van der Waals surface area contributed by atoms with Crippen molar-refractivity contribution in [2.75, 3.05) is 0 Å². The standard InChI is InChI=1S/C19H18O4/c1-13(20)16-6-2-3-7-17(16)18(21)8-4-5-14-9-11-15(12-10-14)19(22)23/h2-3,6-7,9-12H,4-5,8H2,1H3,(H,22,23). The normalized spacial score (nSPS) is 10.3. The SMILES string of the molecule is CC(=O)c1ccccc1C(=O)CCCc1ccc(C(=O)O)cc1. The lowest BCUT2D eigenvalue weighted by Gasteiger charge is -2.06. The second kappa shape index (κ2) is 7.49. The van der Waals surface area contributed by atoms with Gasteiger partial charge in [-0.1, -0.05) is 36.4 Å². The third kappa shape index (κ3) is 4.36. The minimum atomic E-state index is -0.951. The Balaban J connectivity index is 1.95. The zero-order valence-corrected chi connectivity index (χ0v) is 12.9. The molecule has 0 aliphatic heterocycles. The Bertz CT molecular complexity index is 729. The van der Waals surface area contributed by atoms with E-state index in [9.17, 15) is 14.4 Å². The van der Waals surface area contributed by atoms with E-state index in [4.69, 9.17) is 5.11 Å². The predicted octanol–water partition coefficient (Wildman–Crippen LogP) is 3.79. The van der Waals surface area contributed by atoms with Gasteiger partial charge in [-0.2, -0.15) is 0 Å². The molecule has 0 aliphatic rings. The van der Waals surface area contributed by atoms with Gasteiger partial charge in [-0.25, -0.2) is 4.79 Å². The summed E-state index contributed by atoms with van der Waals surface area (Å²) in [4.78, 5) is 34.6. The molecule has 0 heterocycles. The summed E-state index contributed by atoms with van der Waals surface area (Å²) < 4.78 is 0. The summed E-state index contributed by atoms with van der Waals surface area (Å²) in [6, 6.07) is 13.5. The molecule has 1 N–H and O–H groups in total. The number of carboxylic acids is 1. The molecule has 2 aromatic carbocycles. The Morgan fingerprint density at radius 1 is 0.913 bits per heavy atom.